The summed E-state index contributed by atoms with van der Waals surface area (Å²) in [6, 6.07) is 21.6. The summed E-state index contributed by atoms with van der Waals surface area (Å²) in [7, 11) is 0. The van der Waals surface area contributed by atoms with Crippen molar-refractivity contribution in [1.82, 2.24) is 0 Å². The van der Waals surface area contributed by atoms with Gasteiger partial charge in [0.15, 0.2) is 0 Å². The number of halogens is 1. The fourth-order valence-corrected chi connectivity index (χ4v) is 3.76. The summed E-state index contributed by atoms with van der Waals surface area (Å²) in [5.41, 5.74) is 1.85. The molecule has 0 bridgehead atoms. The van der Waals surface area contributed by atoms with Crippen LogP contribution < -0.4 is 10.6 Å². The highest BCUT2D eigenvalue weighted by atomic mass is 35.5. The number of anilines is 2. The van der Waals surface area contributed by atoms with Crippen LogP contribution in [0.1, 0.15) is 20.0 Å². The van der Waals surface area contributed by atoms with Gasteiger partial charge in [-0.25, -0.2) is 0 Å². The number of benzene rings is 3. The maximum absolute atomic E-state index is 12.7. The Morgan fingerprint density at radius 1 is 0.714 bits per heavy atom. The molecular formula is C22H15ClN2O2S. The zero-order chi connectivity index (χ0) is 19.5. The van der Waals surface area contributed by atoms with E-state index in [4.69, 9.17) is 11.6 Å². The molecule has 0 spiro atoms. The molecule has 3 aromatic carbocycles. The largest absolute Gasteiger partial charge is 0.322 e. The van der Waals surface area contributed by atoms with Gasteiger partial charge in [-0.1, -0.05) is 41.9 Å². The van der Waals surface area contributed by atoms with Crippen LogP contribution in [0.5, 0.6) is 0 Å². The number of rotatable bonds is 4. The van der Waals surface area contributed by atoms with Gasteiger partial charge in [0.1, 0.15) is 0 Å². The van der Waals surface area contributed by atoms with Gasteiger partial charge in [0.05, 0.1) is 4.88 Å². The zero-order valence-corrected chi connectivity index (χ0v) is 16.2. The van der Waals surface area contributed by atoms with Crippen LogP contribution in [0, 0.1) is 0 Å². The highest BCUT2D eigenvalue weighted by molar-refractivity contribution is 7.12. The molecule has 0 saturated carbocycles. The molecule has 1 aromatic heterocycles. The quantitative estimate of drug-likeness (QED) is 0.432. The number of hydrogen-bond donors (Lipinski definition) is 2. The molecule has 138 valence electrons. The second-order valence-corrected chi connectivity index (χ2v) is 7.46. The van der Waals surface area contributed by atoms with Crippen molar-refractivity contribution in [3.05, 3.63) is 93.6 Å². The van der Waals surface area contributed by atoms with Crippen LogP contribution in [-0.2, 0) is 0 Å². The molecule has 0 aliphatic carbocycles. The van der Waals surface area contributed by atoms with E-state index in [1.54, 1.807) is 42.5 Å². The lowest BCUT2D eigenvalue weighted by Crippen LogP contribution is -2.13. The minimum Gasteiger partial charge on any atom is -0.322 e. The van der Waals surface area contributed by atoms with Gasteiger partial charge in [-0.05, 0) is 53.2 Å². The third kappa shape index (κ3) is 3.76. The normalized spacial score (nSPS) is 10.6. The standard InChI is InChI=1S/C22H15ClN2O2S/c23-19-7-2-4-16-17(19)5-1-6-18(16)21(26)24-14-9-11-15(12-10-14)25-22(27)20-8-3-13-28-20/h1-13H,(H,24,26)(H,25,27). The first-order valence-corrected chi connectivity index (χ1v) is 9.81. The molecule has 4 rings (SSSR count). The molecule has 0 radical (unpaired) electrons. The predicted molar refractivity (Wildman–Crippen MR) is 116 cm³/mol. The predicted octanol–water partition coefficient (Wildman–Crippen LogP) is 6.06. The molecule has 0 saturated heterocycles. The topological polar surface area (TPSA) is 58.2 Å². The van der Waals surface area contributed by atoms with E-state index in [0.717, 1.165) is 10.8 Å². The Morgan fingerprint density at radius 3 is 2.04 bits per heavy atom. The first kappa shape index (κ1) is 18.2. The molecule has 1 heterocycles. The van der Waals surface area contributed by atoms with Crippen LogP contribution in [0.4, 0.5) is 11.4 Å². The average Bonchev–Trinajstić information content (AvgIpc) is 3.24. The van der Waals surface area contributed by atoms with E-state index >= 15 is 0 Å². The van der Waals surface area contributed by atoms with Gasteiger partial charge in [0.2, 0.25) is 0 Å². The number of thiophene rings is 1. The van der Waals surface area contributed by atoms with Crippen molar-refractivity contribution >= 4 is 56.9 Å². The van der Waals surface area contributed by atoms with Crippen LogP contribution >= 0.6 is 22.9 Å². The van der Waals surface area contributed by atoms with Crippen molar-refractivity contribution in [3.8, 4) is 0 Å². The first-order chi connectivity index (χ1) is 13.6. The maximum atomic E-state index is 12.7. The molecule has 28 heavy (non-hydrogen) atoms. The summed E-state index contributed by atoms with van der Waals surface area (Å²) in [4.78, 5) is 25.5. The Labute approximate surface area is 170 Å². The molecule has 2 N–H and O–H groups in total. The first-order valence-electron chi connectivity index (χ1n) is 8.55. The summed E-state index contributed by atoms with van der Waals surface area (Å²) in [5.74, 6) is -0.373. The van der Waals surface area contributed by atoms with Crippen molar-refractivity contribution in [1.29, 1.82) is 0 Å². The molecule has 2 amide bonds. The lowest BCUT2D eigenvalue weighted by atomic mass is 10.0. The molecule has 0 aliphatic heterocycles. The maximum Gasteiger partial charge on any atom is 0.265 e. The summed E-state index contributed by atoms with van der Waals surface area (Å²) >= 11 is 7.61. The minimum absolute atomic E-state index is 0.153. The minimum atomic E-state index is -0.219. The molecule has 0 fully saturated rings. The van der Waals surface area contributed by atoms with Gasteiger partial charge in [-0.2, -0.15) is 0 Å². The number of nitrogens with one attached hydrogen (secondary N) is 2. The Balaban J connectivity index is 1.50. The second kappa shape index (κ2) is 7.84. The van der Waals surface area contributed by atoms with E-state index in [2.05, 4.69) is 10.6 Å². The van der Waals surface area contributed by atoms with Gasteiger partial charge in [-0.3, -0.25) is 9.59 Å². The van der Waals surface area contributed by atoms with Gasteiger partial charge in [-0.15, -0.1) is 11.3 Å². The number of carbonyl (C=O) groups excluding carboxylic acids is 2. The summed E-state index contributed by atoms with van der Waals surface area (Å²) in [6.45, 7) is 0. The van der Waals surface area contributed by atoms with Gasteiger partial charge >= 0.3 is 0 Å². The summed E-state index contributed by atoms with van der Waals surface area (Å²) in [5, 5.41) is 9.82. The van der Waals surface area contributed by atoms with Gasteiger partial charge < -0.3 is 10.6 Å². The molecule has 4 nitrogen and oxygen atoms in total. The van der Waals surface area contributed by atoms with Gasteiger partial charge in [0, 0.05) is 27.3 Å². The molecule has 6 heteroatoms. The van der Waals surface area contributed by atoms with Crippen LogP contribution in [0.3, 0.4) is 0 Å². The van der Waals surface area contributed by atoms with Crippen LogP contribution in [0.25, 0.3) is 10.8 Å². The van der Waals surface area contributed by atoms with Crippen LogP contribution in [0.15, 0.2) is 78.2 Å². The lowest BCUT2D eigenvalue weighted by molar-refractivity contribution is 0.102. The molecule has 0 unspecified atom stereocenters. The number of hydrogen-bond acceptors (Lipinski definition) is 3. The Morgan fingerprint density at radius 2 is 1.36 bits per heavy atom. The van der Waals surface area contributed by atoms with E-state index in [9.17, 15) is 9.59 Å². The number of fused-ring (bicyclic) bond motifs is 1. The fourth-order valence-electron chi connectivity index (χ4n) is 2.91. The van der Waals surface area contributed by atoms with Crippen molar-refractivity contribution in [2.24, 2.45) is 0 Å². The van der Waals surface area contributed by atoms with Gasteiger partial charge in [0.25, 0.3) is 11.8 Å². The zero-order valence-electron chi connectivity index (χ0n) is 14.6. The molecule has 0 atom stereocenters. The van der Waals surface area contributed by atoms with Crippen molar-refractivity contribution in [3.63, 3.8) is 0 Å². The Hall–Kier alpha value is -3.15. The number of carbonyl (C=O) groups is 2. The van der Waals surface area contributed by atoms with Crippen LogP contribution in [0.2, 0.25) is 5.02 Å². The second-order valence-electron chi connectivity index (χ2n) is 6.10. The Bertz CT molecular complexity index is 1160. The average molecular weight is 407 g/mol. The molecule has 4 aromatic rings. The van der Waals surface area contributed by atoms with E-state index in [-0.39, 0.29) is 11.8 Å². The van der Waals surface area contributed by atoms with E-state index in [1.165, 1.54) is 11.3 Å². The number of amides is 2. The Kier molecular flexibility index (Phi) is 5.10. The highest BCUT2D eigenvalue weighted by Crippen LogP contribution is 2.26. The van der Waals surface area contributed by atoms with E-state index in [0.29, 0.717) is 26.8 Å². The third-order valence-electron chi connectivity index (χ3n) is 4.26. The van der Waals surface area contributed by atoms with Crippen LogP contribution in [-0.4, -0.2) is 11.8 Å². The monoisotopic (exact) mass is 406 g/mol. The fraction of sp³-hybridized carbons (Fsp3) is 0. The molecule has 0 aliphatic rings. The summed E-state index contributed by atoms with van der Waals surface area (Å²) < 4.78 is 0. The third-order valence-corrected chi connectivity index (χ3v) is 5.46. The van der Waals surface area contributed by atoms with Crippen molar-refractivity contribution < 1.29 is 9.59 Å². The van der Waals surface area contributed by atoms with E-state index < -0.39 is 0 Å². The molecular weight excluding hydrogens is 392 g/mol. The smallest absolute Gasteiger partial charge is 0.265 e. The summed E-state index contributed by atoms with van der Waals surface area (Å²) in [6.07, 6.45) is 0. The van der Waals surface area contributed by atoms with E-state index in [1.807, 2.05) is 35.7 Å². The SMILES string of the molecule is O=C(Nc1ccc(NC(=O)c2cccc3c(Cl)cccc23)cc1)c1cccs1. The van der Waals surface area contributed by atoms with Crippen molar-refractivity contribution in [2.45, 2.75) is 0 Å². The lowest BCUT2D eigenvalue weighted by Gasteiger charge is -2.10. The van der Waals surface area contributed by atoms with Crippen molar-refractivity contribution in [2.75, 3.05) is 10.6 Å². The highest BCUT2D eigenvalue weighted by Gasteiger charge is 2.12.